The van der Waals surface area contributed by atoms with Gasteiger partial charge in [0.25, 0.3) is 0 Å². The molecule has 0 bridgehead atoms. The Morgan fingerprint density at radius 2 is 1.79 bits per heavy atom. The lowest BCUT2D eigenvalue weighted by Crippen LogP contribution is -2.03. The standard InChI is InChI=1S/C15H16FNO2/c1-11-7-13(10-19-17)8-14(16)15(11)18-9-12-5-3-2-4-6-12/h2-8H,9-10,17H2,1H3. The Balaban J connectivity index is 2.12. The second-order valence-corrected chi connectivity index (χ2v) is 4.31. The van der Waals surface area contributed by atoms with Gasteiger partial charge in [-0.25, -0.2) is 10.3 Å². The van der Waals surface area contributed by atoms with E-state index in [1.807, 2.05) is 30.3 Å². The van der Waals surface area contributed by atoms with Gasteiger partial charge < -0.3 is 4.74 Å². The maximum Gasteiger partial charge on any atom is 0.165 e. The van der Waals surface area contributed by atoms with E-state index in [4.69, 9.17) is 10.6 Å². The molecule has 3 nitrogen and oxygen atoms in total. The SMILES string of the molecule is Cc1cc(CON)cc(F)c1OCc1ccccc1. The van der Waals surface area contributed by atoms with Gasteiger partial charge in [0.05, 0.1) is 6.61 Å². The summed E-state index contributed by atoms with van der Waals surface area (Å²) in [4.78, 5) is 4.50. The molecule has 2 N–H and O–H groups in total. The number of hydrogen-bond acceptors (Lipinski definition) is 3. The number of halogens is 1. The van der Waals surface area contributed by atoms with Crippen LogP contribution in [-0.4, -0.2) is 0 Å². The molecule has 0 fully saturated rings. The first kappa shape index (κ1) is 13.5. The van der Waals surface area contributed by atoms with E-state index in [1.54, 1.807) is 13.0 Å². The van der Waals surface area contributed by atoms with Crippen LogP contribution in [0.3, 0.4) is 0 Å². The fourth-order valence-corrected chi connectivity index (χ4v) is 1.89. The second kappa shape index (κ2) is 6.31. The Bertz CT molecular complexity index is 520. The highest BCUT2D eigenvalue weighted by molar-refractivity contribution is 5.37. The van der Waals surface area contributed by atoms with Gasteiger partial charge in [0.1, 0.15) is 6.61 Å². The molecule has 19 heavy (non-hydrogen) atoms. The third kappa shape index (κ3) is 3.53. The fourth-order valence-electron chi connectivity index (χ4n) is 1.89. The summed E-state index contributed by atoms with van der Waals surface area (Å²) in [6.07, 6.45) is 0. The zero-order valence-corrected chi connectivity index (χ0v) is 10.7. The van der Waals surface area contributed by atoms with Crippen LogP contribution in [0.5, 0.6) is 5.75 Å². The molecule has 0 heterocycles. The molecular weight excluding hydrogens is 245 g/mol. The monoisotopic (exact) mass is 261 g/mol. The van der Waals surface area contributed by atoms with Crippen molar-refractivity contribution in [1.29, 1.82) is 0 Å². The lowest BCUT2D eigenvalue weighted by atomic mass is 10.1. The summed E-state index contributed by atoms with van der Waals surface area (Å²) in [6, 6.07) is 12.8. The van der Waals surface area contributed by atoms with Crippen LogP contribution in [0.2, 0.25) is 0 Å². The third-order valence-electron chi connectivity index (χ3n) is 2.77. The summed E-state index contributed by atoms with van der Waals surface area (Å²) < 4.78 is 19.5. The van der Waals surface area contributed by atoms with Crippen molar-refractivity contribution in [2.45, 2.75) is 20.1 Å². The van der Waals surface area contributed by atoms with Crippen molar-refractivity contribution >= 4 is 0 Å². The zero-order chi connectivity index (χ0) is 13.7. The smallest absolute Gasteiger partial charge is 0.165 e. The molecule has 0 aliphatic rings. The first-order valence-corrected chi connectivity index (χ1v) is 5.98. The third-order valence-corrected chi connectivity index (χ3v) is 2.77. The van der Waals surface area contributed by atoms with Gasteiger partial charge in [0, 0.05) is 0 Å². The van der Waals surface area contributed by atoms with Gasteiger partial charge in [-0.1, -0.05) is 30.3 Å². The van der Waals surface area contributed by atoms with Gasteiger partial charge in [0.15, 0.2) is 11.6 Å². The number of aryl methyl sites for hydroxylation is 1. The van der Waals surface area contributed by atoms with Crippen LogP contribution in [-0.2, 0) is 18.1 Å². The second-order valence-electron chi connectivity index (χ2n) is 4.31. The van der Waals surface area contributed by atoms with Gasteiger partial charge in [-0.15, -0.1) is 0 Å². The Morgan fingerprint density at radius 1 is 1.05 bits per heavy atom. The molecule has 0 radical (unpaired) electrons. The molecule has 0 saturated heterocycles. The molecule has 4 heteroatoms. The molecule has 0 aromatic heterocycles. The first-order valence-electron chi connectivity index (χ1n) is 5.98. The van der Waals surface area contributed by atoms with Gasteiger partial charge >= 0.3 is 0 Å². The highest BCUT2D eigenvalue weighted by Crippen LogP contribution is 2.25. The quantitative estimate of drug-likeness (QED) is 0.841. The summed E-state index contributed by atoms with van der Waals surface area (Å²) in [5.74, 6) is 4.85. The lowest BCUT2D eigenvalue weighted by Gasteiger charge is -2.12. The van der Waals surface area contributed by atoms with Gasteiger partial charge in [-0.05, 0) is 35.7 Å². The number of benzene rings is 2. The lowest BCUT2D eigenvalue weighted by molar-refractivity contribution is 0.123. The topological polar surface area (TPSA) is 44.5 Å². The maximum absolute atomic E-state index is 13.9. The highest BCUT2D eigenvalue weighted by Gasteiger charge is 2.10. The molecule has 100 valence electrons. The van der Waals surface area contributed by atoms with E-state index in [9.17, 15) is 4.39 Å². The number of nitrogens with two attached hydrogens (primary N) is 1. The van der Waals surface area contributed by atoms with Crippen LogP contribution in [0.1, 0.15) is 16.7 Å². The Kier molecular flexibility index (Phi) is 4.49. The minimum absolute atomic E-state index is 0.177. The molecule has 0 aliphatic heterocycles. The summed E-state index contributed by atoms with van der Waals surface area (Å²) in [6.45, 7) is 2.31. The molecule has 0 spiro atoms. The van der Waals surface area contributed by atoms with E-state index in [-0.39, 0.29) is 12.4 Å². The van der Waals surface area contributed by atoms with Crippen molar-refractivity contribution in [3.05, 3.63) is 65.0 Å². The molecule has 0 amide bonds. The van der Waals surface area contributed by atoms with E-state index in [1.165, 1.54) is 6.07 Å². The normalized spacial score (nSPS) is 10.5. The Labute approximate surface area is 111 Å². The molecule has 0 aliphatic carbocycles. The molecule has 0 unspecified atom stereocenters. The van der Waals surface area contributed by atoms with Crippen molar-refractivity contribution in [2.75, 3.05) is 0 Å². The van der Waals surface area contributed by atoms with Crippen LogP contribution in [0.4, 0.5) is 4.39 Å². The van der Waals surface area contributed by atoms with E-state index < -0.39 is 5.82 Å². The average Bonchev–Trinajstić information content (AvgIpc) is 2.39. The summed E-state index contributed by atoms with van der Waals surface area (Å²) in [7, 11) is 0. The van der Waals surface area contributed by atoms with Crippen LogP contribution >= 0.6 is 0 Å². The summed E-state index contributed by atoms with van der Waals surface area (Å²) >= 11 is 0. The Morgan fingerprint density at radius 3 is 2.42 bits per heavy atom. The van der Waals surface area contributed by atoms with E-state index in [2.05, 4.69) is 4.84 Å². The summed E-state index contributed by atoms with van der Waals surface area (Å²) in [5.41, 5.74) is 2.41. The molecule has 2 rings (SSSR count). The molecular formula is C15H16FNO2. The van der Waals surface area contributed by atoms with E-state index in [0.717, 1.165) is 11.1 Å². The molecule has 0 saturated carbocycles. The van der Waals surface area contributed by atoms with Crippen molar-refractivity contribution in [1.82, 2.24) is 0 Å². The predicted octanol–water partition coefficient (Wildman–Crippen LogP) is 3.10. The minimum atomic E-state index is -0.400. The van der Waals surface area contributed by atoms with E-state index in [0.29, 0.717) is 12.2 Å². The number of ether oxygens (including phenoxy) is 1. The van der Waals surface area contributed by atoms with Crippen molar-refractivity contribution in [3.63, 3.8) is 0 Å². The number of rotatable bonds is 5. The number of hydrogen-bond donors (Lipinski definition) is 1. The van der Waals surface area contributed by atoms with Gasteiger partial charge in [0.2, 0.25) is 0 Å². The molecule has 2 aromatic rings. The minimum Gasteiger partial charge on any atom is -0.486 e. The van der Waals surface area contributed by atoms with E-state index >= 15 is 0 Å². The van der Waals surface area contributed by atoms with Gasteiger partial charge in [-0.3, -0.25) is 4.84 Å². The largest absolute Gasteiger partial charge is 0.486 e. The van der Waals surface area contributed by atoms with Crippen molar-refractivity contribution in [3.8, 4) is 5.75 Å². The van der Waals surface area contributed by atoms with Crippen molar-refractivity contribution in [2.24, 2.45) is 5.90 Å². The predicted molar refractivity (Wildman–Crippen MR) is 70.9 cm³/mol. The first-order chi connectivity index (χ1) is 9.20. The van der Waals surface area contributed by atoms with Crippen LogP contribution < -0.4 is 10.6 Å². The van der Waals surface area contributed by atoms with Crippen LogP contribution in [0.25, 0.3) is 0 Å². The highest BCUT2D eigenvalue weighted by atomic mass is 19.1. The van der Waals surface area contributed by atoms with Crippen LogP contribution in [0.15, 0.2) is 42.5 Å². The van der Waals surface area contributed by atoms with Crippen molar-refractivity contribution < 1.29 is 14.0 Å². The van der Waals surface area contributed by atoms with Crippen LogP contribution in [0, 0.1) is 12.7 Å². The van der Waals surface area contributed by atoms with Gasteiger partial charge in [-0.2, -0.15) is 0 Å². The Hall–Kier alpha value is -1.91. The fraction of sp³-hybridized carbons (Fsp3) is 0.200. The molecule has 0 atom stereocenters. The maximum atomic E-state index is 13.9. The summed E-state index contributed by atoms with van der Waals surface area (Å²) in [5, 5.41) is 0. The average molecular weight is 261 g/mol. The zero-order valence-electron chi connectivity index (χ0n) is 10.7. The molecule has 2 aromatic carbocycles.